The van der Waals surface area contributed by atoms with Gasteiger partial charge in [-0.15, -0.1) is 0 Å². The number of primary amides is 1. The van der Waals surface area contributed by atoms with E-state index in [4.69, 9.17) is 17.3 Å². The number of amides is 1. The van der Waals surface area contributed by atoms with Crippen LogP contribution in [-0.2, 0) is 6.54 Å². The van der Waals surface area contributed by atoms with Crippen molar-refractivity contribution in [3.8, 4) is 0 Å². The van der Waals surface area contributed by atoms with Crippen LogP contribution < -0.4 is 11.1 Å². The van der Waals surface area contributed by atoms with Crippen molar-refractivity contribution in [2.45, 2.75) is 39.2 Å². The molecule has 0 radical (unpaired) electrons. The Morgan fingerprint density at radius 1 is 1.45 bits per heavy atom. The molecule has 2 rings (SSSR count). The fourth-order valence-corrected chi connectivity index (χ4v) is 3.25. The van der Waals surface area contributed by atoms with Gasteiger partial charge < -0.3 is 11.1 Å². The average molecular weight is 295 g/mol. The van der Waals surface area contributed by atoms with Crippen LogP contribution in [0.1, 0.15) is 48.5 Å². The lowest BCUT2D eigenvalue weighted by Gasteiger charge is -2.26. The number of nitrogens with one attached hydrogen (secondary N) is 1. The van der Waals surface area contributed by atoms with E-state index in [1.165, 1.54) is 25.7 Å². The highest BCUT2D eigenvalue weighted by atomic mass is 35.5. The molecule has 0 aromatic heterocycles. The van der Waals surface area contributed by atoms with Gasteiger partial charge in [-0.25, -0.2) is 0 Å². The monoisotopic (exact) mass is 294 g/mol. The van der Waals surface area contributed by atoms with Gasteiger partial charge in [0.05, 0.1) is 0 Å². The molecule has 1 aliphatic carbocycles. The summed E-state index contributed by atoms with van der Waals surface area (Å²) in [6, 6.07) is 5.25. The molecule has 2 atom stereocenters. The second-order valence-corrected chi connectivity index (χ2v) is 6.35. The minimum absolute atomic E-state index is 0.442. The van der Waals surface area contributed by atoms with Crippen molar-refractivity contribution in [3.05, 3.63) is 34.3 Å². The van der Waals surface area contributed by atoms with E-state index in [-0.39, 0.29) is 0 Å². The van der Waals surface area contributed by atoms with Crippen LogP contribution in [0.5, 0.6) is 0 Å². The van der Waals surface area contributed by atoms with E-state index in [9.17, 15) is 4.79 Å². The largest absolute Gasteiger partial charge is 0.366 e. The van der Waals surface area contributed by atoms with Crippen LogP contribution in [0.15, 0.2) is 18.2 Å². The molecule has 110 valence electrons. The maximum Gasteiger partial charge on any atom is 0.248 e. The van der Waals surface area contributed by atoms with Crippen LogP contribution in [0.4, 0.5) is 0 Å². The van der Waals surface area contributed by atoms with Gasteiger partial charge >= 0.3 is 0 Å². The zero-order valence-electron chi connectivity index (χ0n) is 12.0. The first kappa shape index (κ1) is 15.3. The number of hydrogen-bond donors (Lipinski definition) is 2. The van der Waals surface area contributed by atoms with Gasteiger partial charge in [-0.1, -0.05) is 37.4 Å². The van der Waals surface area contributed by atoms with Gasteiger partial charge in [-0.2, -0.15) is 0 Å². The lowest BCUT2D eigenvalue weighted by Crippen LogP contribution is -2.26. The zero-order valence-corrected chi connectivity index (χ0v) is 12.7. The normalized spacial score (nSPS) is 22.7. The van der Waals surface area contributed by atoms with E-state index in [1.54, 1.807) is 12.1 Å². The quantitative estimate of drug-likeness (QED) is 0.875. The summed E-state index contributed by atoms with van der Waals surface area (Å²) in [4.78, 5) is 11.1. The molecule has 3 nitrogen and oxygen atoms in total. The number of carbonyl (C=O) groups is 1. The van der Waals surface area contributed by atoms with Gasteiger partial charge in [0.2, 0.25) is 5.91 Å². The standard InChI is InChI=1S/C16H23ClN2O/c1-11-3-2-4-12(7-11)9-19-10-14-6-5-13(16(18)20)8-15(14)17/h5-6,8,11-12,19H,2-4,7,9-10H2,1H3,(H2,18,20). The summed E-state index contributed by atoms with van der Waals surface area (Å²) in [6.07, 6.45) is 5.37. The number of halogens is 1. The van der Waals surface area contributed by atoms with Crippen LogP contribution >= 0.6 is 11.6 Å². The number of rotatable bonds is 5. The highest BCUT2D eigenvalue weighted by Gasteiger charge is 2.18. The van der Waals surface area contributed by atoms with E-state index in [0.717, 1.165) is 30.5 Å². The summed E-state index contributed by atoms with van der Waals surface area (Å²) < 4.78 is 0. The molecule has 3 N–H and O–H groups in total. The molecule has 0 aliphatic heterocycles. The molecule has 0 heterocycles. The van der Waals surface area contributed by atoms with Crippen molar-refractivity contribution < 1.29 is 4.79 Å². The van der Waals surface area contributed by atoms with Crippen LogP contribution in [-0.4, -0.2) is 12.5 Å². The fourth-order valence-electron chi connectivity index (χ4n) is 3.00. The van der Waals surface area contributed by atoms with Crippen LogP contribution in [0, 0.1) is 11.8 Å². The molecule has 1 aromatic rings. The number of benzene rings is 1. The molecule has 2 unspecified atom stereocenters. The average Bonchev–Trinajstić information content (AvgIpc) is 2.40. The Morgan fingerprint density at radius 2 is 2.25 bits per heavy atom. The zero-order chi connectivity index (χ0) is 14.5. The molecule has 0 saturated heterocycles. The molecular weight excluding hydrogens is 272 g/mol. The molecular formula is C16H23ClN2O. The molecule has 20 heavy (non-hydrogen) atoms. The molecule has 1 aromatic carbocycles. The van der Waals surface area contributed by atoms with Crippen LogP contribution in [0.25, 0.3) is 0 Å². The van der Waals surface area contributed by atoms with Crippen molar-refractivity contribution in [1.82, 2.24) is 5.32 Å². The van der Waals surface area contributed by atoms with Crippen LogP contribution in [0.3, 0.4) is 0 Å². The number of nitrogens with two attached hydrogens (primary N) is 1. The second-order valence-electron chi connectivity index (χ2n) is 5.94. The fraction of sp³-hybridized carbons (Fsp3) is 0.562. The maximum atomic E-state index is 11.1. The lowest BCUT2D eigenvalue weighted by molar-refractivity contribution is 0.100. The van der Waals surface area contributed by atoms with Gasteiger partial charge in [-0.3, -0.25) is 4.79 Å². The van der Waals surface area contributed by atoms with E-state index >= 15 is 0 Å². The first-order valence-electron chi connectivity index (χ1n) is 7.35. The molecule has 1 aliphatic rings. The van der Waals surface area contributed by atoms with Gasteiger partial charge in [0.1, 0.15) is 0 Å². The summed E-state index contributed by atoms with van der Waals surface area (Å²) >= 11 is 6.17. The maximum absolute atomic E-state index is 11.1. The highest BCUT2D eigenvalue weighted by Crippen LogP contribution is 2.28. The van der Waals surface area contributed by atoms with Crippen molar-refractivity contribution in [1.29, 1.82) is 0 Å². The Hall–Kier alpha value is -1.06. The van der Waals surface area contributed by atoms with E-state index in [0.29, 0.717) is 10.6 Å². The number of hydrogen-bond acceptors (Lipinski definition) is 2. The Balaban J connectivity index is 1.83. The summed E-state index contributed by atoms with van der Waals surface area (Å²) in [7, 11) is 0. The van der Waals surface area contributed by atoms with Crippen molar-refractivity contribution in [3.63, 3.8) is 0 Å². The molecule has 0 spiro atoms. The first-order chi connectivity index (χ1) is 9.56. The summed E-state index contributed by atoms with van der Waals surface area (Å²) in [5.41, 5.74) is 6.70. The summed E-state index contributed by atoms with van der Waals surface area (Å²) in [6.45, 7) is 4.12. The van der Waals surface area contributed by atoms with Gasteiger partial charge in [0.25, 0.3) is 0 Å². The SMILES string of the molecule is CC1CCCC(CNCc2ccc(C(N)=O)cc2Cl)C1. The predicted molar refractivity (Wildman–Crippen MR) is 82.8 cm³/mol. The van der Waals surface area contributed by atoms with Gasteiger partial charge in [0, 0.05) is 17.1 Å². The van der Waals surface area contributed by atoms with E-state index < -0.39 is 5.91 Å². The third-order valence-electron chi connectivity index (χ3n) is 4.13. The van der Waals surface area contributed by atoms with E-state index in [1.807, 2.05) is 6.07 Å². The third kappa shape index (κ3) is 4.22. The number of carbonyl (C=O) groups excluding carboxylic acids is 1. The topological polar surface area (TPSA) is 55.1 Å². The summed E-state index contributed by atoms with van der Waals surface area (Å²) in [5.74, 6) is 1.19. The molecule has 1 saturated carbocycles. The van der Waals surface area contributed by atoms with Gasteiger partial charge in [-0.05, 0) is 48.9 Å². The van der Waals surface area contributed by atoms with Gasteiger partial charge in [0.15, 0.2) is 0 Å². The summed E-state index contributed by atoms with van der Waals surface area (Å²) in [5, 5.41) is 4.08. The smallest absolute Gasteiger partial charge is 0.248 e. The predicted octanol–water partition coefficient (Wildman–Crippen LogP) is 3.35. The molecule has 1 fully saturated rings. The highest BCUT2D eigenvalue weighted by molar-refractivity contribution is 6.31. The minimum Gasteiger partial charge on any atom is -0.366 e. The molecule has 0 bridgehead atoms. The Bertz CT molecular complexity index is 476. The van der Waals surface area contributed by atoms with E-state index in [2.05, 4.69) is 12.2 Å². The lowest BCUT2D eigenvalue weighted by atomic mass is 9.82. The first-order valence-corrected chi connectivity index (χ1v) is 7.73. The van der Waals surface area contributed by atoms with Crippen LogP contribution in [0.2, 0.25) is 5.02 Å². The molecule has 1 amide bonds. The Morgan fingerprint density at radius 3 is 2.90 bits per heavy atom. The Labute approximate surface area is 125 Å². The third-order valence-corrected chi connectivity index (χ3v) is 4.48. The van der Waals surface area contributed by atoms with Crippen molar-refractivity contribution in [2.75, 3.05) is 6.54 Å². The van der Waals surface area contributed by atoms with Crippen molar-refractivity contribution in [2.24, 2.45) is 17.6 Å². The molecule has 4 heteroatoms. The minimum atomic E-state index is -0.442. The Kier molecular flexibility index (Phi) is 5.44. The van der Waals surface area contributed by atoms with Crippen molar-refractivity contribution >= 4 is 17.5 Å². The second kappa shape index (κ2) is 7.09.